The highest BCUT2D eigenvalue weighted by atomic mass is 32.1. The van der Waals surface area contributed by atoms with Gasteiger partial charge >= 0.3 is 6.03 Å². The third-order valence-electron chi connectivity index (χ3n) is 5.22. The van der Waals surface area contributed by atoms with Crippen molar-refractivity contribution in [2.45, 2.75) is 25.7 Å². The largest absolute Gasteiger partial charge is 0.342 e. The number of urea groups is 1. The second-order valence-corrected chi connectivity index (χ2v) is 7.84. The summed E-state index contributed by atoms with van der Waals surface area (Å²) in [4.78, 5) is 32.5. The van der Waals surface area contributed by atoms with Gasteiger partial charge in [0.15, 0.2) is 5.82 Å². The Hall–Kier alpha value is -2.48. The van der Waals surface area contributed by atoms with E-state index in [4.69, 9.17) is 0 Å². The number of aromatic nitrogens is 2. The van der Waals surface area contributed by atoms with Crippen LogP contribution in [0.15, 0.2) is 30.3 Å². The van der Waals surface area contributed by atoms with Crippen LogP contribution >= 0.6 is 11.5 Å². The SMILES string of the molecule is O=C1CCCN1CC1CCN(C(=O)Nc2nc(-c3ccccc3)ns2)CC1. The van der Waals surface area contributed by atoms with Crippen LogP contribution in [0, 0.1) is 5.92 Å². The molecule has 3 amide bonds. The number of anilines is 1. The minimum atomic E-state index is -0.124. The maximum absolute atomic E-state index is 12.5. The third-order valence-corrected chi connectivity index (χ3v) is 5.85. The van der Waals surface area contributed by atoms with E-state index >= 15 is 0 Å². The van der Waals surface area contributed by atoms with Crippen molar-refractivity contribution < 1.29 is 9.59 Å². The van der Waals surface area contributed by atoms with Gasteiger partial charge in [0.2, 0.25) is 11.0 Å². The quantitative estimate of drug-likeness (QED) is 0.877. The van der Waals surface area contributed by atoms with Crippen LogP contribution in [-0.4, -0.2) is 57.3 Å². The first-order valence-electron chi connectivity index (χ1n) is 9.42. The van der Waals surface area contributed by atoms with Gasteiger partial charge < -0.3 is 9.80 Å². The lowest BCUT2D eigenvalue weighted by molar-refractivity contribution is -0.128. The van der Waals surface area contributed by atoms with Gasteiger partial charge in [0, 0.05) is 49.7 Å². The van der Waals surface area contributed by atoms with E-state index in [0.29, 0.717) is 36.4 Å². The second-order valence-electron chi connectivity index (χ2n) is 7.09. The molecule has 4 rings (SSSR count). The monoisotopic (exact) mass is 385 g/mol. The van der Waals surface area contributed by atoms with Crippen LogP contribution in [0.5, 0.6) is 0 Å². The van der Waals surface area contributed by atoms with E-state index in [1.54, 1.807) is 0 Å². The summed E-state index contributed by atoms with van der Waals surface area (Å²) in [5.74, 6) is 1.40. The predicted octanol–water partition coefficient (Wildman–Crippen LogP) is 3.07. The molecule has 1 N–H and O–H groups in total. The Labute approximate surface area is 162 Å². The van der Waals surface area contributed by atoms with Crippen LogP contribution in [0.3, 0.4) is 0 Å². The first-order chi connectivity index (χ1) is 13.2. The Morgan fingerprint density at radius 3 is 2.67 bits per heavy atom. The van der Waals surface area contributed by atoms with Crippen molar-refractivity contribution in [1.29, 1.82) is 0 Å². The summed E-state index contributed by atoms with van der Waals surface area (Å²) < 4.78 is 4.32. The molecule has 0 aliphatic carbocycles. The highest BCUT2D eigenvalue weighted by molar-refractivity contribution is 7.10. The zero-order valence-electron chi connectivity index (χ0n) is 15.1. The maximum atomic E-state index is 12.5. The molecule has 1 aromatic heterocycles. The number of nitrogens with one attached hydrogen (secondary N) is 1. The first kappa shape index (κ1) is 17.9. The van der Waals surface area contributed by atoms with Gasteiger partial charge in [-0.25, -0.2) is 4.79 Å². The predicted molar refractivity (Wildman–Crippen MR) is 104 cm³/mol. The van der Waals surface area contributed by atoms with E-state index in [9.17, 15) is 9.59 Å². The fourth-order valence-electron chi connectivity index (χ4n) is 3.68. The number of piperidine rings is 1. The highest BCUT2D eigenvalue weighted by Crippen LogP contribution is 2.23. The molecule has 2 aliphatic heterocycles. The molecule has 1 aromatic carbocycles. The number of amides is 3. The van der Waals surface area contributed by atoms with E-state index < -0.39 is 0 Å². The fourth-order valence-corrected chi connectivity index (χ4v) is 4.26. The van der Waals surface area contributed by atoms with Gasteiger partial charge in [-0.1, -0.05) is 30.3 Å². The molecule has 0 unspecified atom stereocenters. The lowest BCUT2D eigenvalue weighted by Gasteiger charge is -2.33. The molecule has 3 heterocycles. The molecule has 2 saturated heterocycles. The smallest absolute Gasteiger partial charge is 0.323 e. The Bertz CT molecular complexity index is 801. The molecule has 0 bridgehead atoms. The molecule has 0 atom stereocenters. The molecule has 27 heavy (non-hydrogen) atoms. The molecule has 142 valence electrons. The standard InChI is InChI=1S/C19H23N5O2S/c25-16-7-4-10-24(16)13-14-8-11-23(12-9-14)19(26)21-18-20-17(22-27-18)15-5-2-1-3-6-15/h1-3,5-6,14H,4,7-13H2,(H,20,21,22,26). The minimum absolute atomic E-state index is 0.124. The van der Waals surface area contributed by atoms with Gasteiger partial charge in [0.1, 0.15) is 0 Å². The summed E-state index contributed by atoms with van der Waals surface area (Å²) in [6.07, 6.45) is 3.53. The second kappa shape index (κ2) is 8.04. The summed E-state index contributed by atoms with van der Waals surface area (Å²) in [6, 6.07) is 9.60. The molecule has 2 fully saturated rings. The van der Waals surface area contributed by atoms with E-state index in [1.807, 2.05) is 40.1 Å². The molecular weight excluding hydrogens is 362 g/mol. The van der Waals surface area contributed by atoms with Crippen LogP contribution < -0.4 is 5.32 Å². The number of benzene rings is 1. The van der Waals surface area contributed by atoms with Crippen LogP contribution in [0.2, 0.25) is 0 Å². The zero-order valence-corrected chi connectivity index (χ0v) is 16.0. The number of carbonyl (C=O) groups is 2. The van der Waals surface area contributed by atoms with Crippen LogP contribution in [-0.2, 0) is 4.79 Å². The van der Waals surface area contributed by atoms with Crippen molar-refractivity contribution >= 4 is 28.6 Å². The normalized spacial score (nSPS) is 18.1. The summed E-state index contributed by atoms with van der Waals surface area (Å²) in [7, 11) is 0. The number of likely N-dealkylation sites (tertiary alicyclic amines) is 2. The summed E-state index contributed by atoms with van der Waals surface area (Å²) >= 11 is 1.19. The van der Waals surface area contributed by atoms with Gasteiger partial charge in [-0.3, -0.25) is 10.1 Å². The molecule has 0 saturated carbocycles. The van der Waals surface area contributed by atoms with Crippen LogP contribution in [0.4, 0.5) is 9.93 Å². The highest BCUT2D eigenvalue weighted by Gasteiger charge is 2.28. The average Bonchev–Trinajstić information content (AvgIpc) is 3.32. The van der Waals surface area contributed by atoms with Crippen molar-refractivity contribution in [3.8, 4) is 11.4 Å². The molecule has 0 radical (unpaired) electrons. The van der Waals surface area contributed by atoms with Crippen LogP contribution in [0.25, 0.3) is 11.4 Å². The Morgan fingerprint density at radius 2 is 1.96 bits per heavy atom. The first-order valence-corrected chi connectivity index (χ1v) is 10.2. The number of rotatable bonds is 4. The number of carbonyl (C=O) groups excluding carboxylic acids is 2. The van der Waals surface area contributed by atoms with Crippen molar-refractivity contribution in [3.63, 3.8) is 0 Å². The Balaban J connectivity index is 1.27. The molecule has 2 aliphatic rings. The summed E-state index contributed by atoms with van der Waals surface area (Å²) in [5, 5.41) is 3.38. The number of nitrogens with zero attached hydrogens (tertiary/aromatic N) is 4. The van der Waals surface area contributed by atoms with Gasteiger partial charge in [0.05, 0.1) is 0 Å². The van der Waals surface area contributed by atoms with E-state index in [-0.39, 0.29) is 11.9 Å². The van der Waals surface area contributed by atoms with Crippen LogP contribution in [0.1, 0.15) is 25.7 Å². The fraction of sp³-hybridized carbons (Fsp3) is 0.474. The van der Waals surface area contributed by atoms with Crippen molar-refractivity contribution in [3.05, 3.63) is 30.3 Å². The summed E-state index contributed by atoms with van der Waals surface area (Å²) in [5.41, 5.74) is 0.937. The molecular formula is C19H23N5O2S. The van der Waals surface area contributed by atoms with Crippen molar-refractivity contribution in [2.75, 3.05) is 31.5 Å². The number of hydrogen-bond donors (Lipinski definition) is 1. The van der Waals surface area contributed by atoms with Crippen molar-refractivity contribution in [1.82, 2.24) is 19.2 Å². The van der Waals surface area contributed by atoms with E-state index in [1.165, 1.54) is 11.5 Å². The maximum Gasteiger partial charge on any atom is 0.323 e. The van der Waals surface area contributed by atoms with E-state index in [0.717, 1.165) is 37.9 Å². The average molecular weight is 385 g/mol. The molecule has 7 nitrogen and oxygen atoms in total. The van der Waals surface area contributed by atoms with E-state index in [2.05, 4.69) is 14.7 Å². The van der Waals surface area contributed by atoms with Gasteiger partial charge in [0.25, 0.3) is 0 Å². The molecule has 8 heteroatoms. The van der Waals surface area contributed by atoms with Gasteiger partial charge in [-0.2, -0.15) is 9.36 Å². The van der Waals surface area contributed by atoms with Gasteiger partial charge in [-0.05, 0) is 25.2 Å². The number of hydrogen-bond acceptors (Lipinski definition) is 5. The van der Waals surface area contributed by atoms with Crippen molar-refractivity contribution in [2.24, 2.45) is 5.92 Å². The zero-order chi connectivity index (χ0) is 18.6. The molecule has 0 spiro atoms. The Morgan fingerprint density at radius 1 is 1.19 bits per heavy atom. The summed E-state index contributed by atoms with van der Waals surface area (Å²) in [6.45, 7) is 3.15. The van der Waals surface area contributed by atoms with Gasteiger partial charge in [-0.15, -0.1) is 0 Å². The lowest BCUT2D eigenvalue weighted by Crippen LogP contribution is -2.43. The minimum Gasteiger partial charge on any atom is -0.342 e. The Kier molecular flexibility index (Phi) is 5.33. The topological polar surface area (TPSA) is 78.4 Å². The molecule has 2 aromatic rings. The lowest BCUT2D eigenvalue weighted by atomic mass is 9.96. The third kappa shape index (κ3) is 4.27.